The fourth-order valence-corrected chi connectivity index (χ4v) is 4.28. The number of ether oxygens (including phenoxy) is 2. The maximum atomic E-state index is 12.6. The second-order valence-electron chi connectivity index (χ2n) is 8.93. The molecule has 1 amide bonds. The van der Waals surface area contributed by atoms with E-state index in [0.29, 0.717) is 16.8 Å². The number of anilines is 2. The van der Waals surface area contributed by atoms with Gasteiger partial charge < -0.3 is 25.0 Å². The third kappa shape index (κ3) is 4.08. The Labute approximate surface area is 178 Å². The van der Waals surface area contributed by atoms with Crippen molar-refractivity contribution in [3.63, 3.8) is 0 Å². The number of amides is 1. The third-order valence-corrected chi connectivity index (χ3v) is 5.95. The molecule has 30 heavy (non-hydrogen) atoms. The number of rotatable bonds is 3. The number of nitrogens with two attached hydrogens (primary N) is 1. The fraction of sp³-hybridized carbons (Fsp3) is 0.591. The lowest BCUT2D eigenvalue weighted by atomic mass is 9.76. The van der Waals surface area contributed by atoms with Gasteiger partial charge >= 0.3 is 12.1 Å². The summed E-state index contributed by atoms with van der Waals surface area (Å²) in [5.74, 6) is -0.468. The van der Waals surface area contributed by atoms with Gasteiger partial charge in [-0.05, 0) is 52.2 Å². The van der Waals surface area contributed by atoms with E-state index in [1.165, 1.54) is 7.11 Å². The SMILES string of the molecule is CN=Cc1c(N2CCC3(CC2)CCN3C(=O)OC(C)(C)C)ccc(C(=O)OC)c1N. The number of esters is 1. The van der Waals surface area contributed by atoms with E-state index in [-0.39, 0.29) is 11.6 Å². The molecule has 0 unspecified atom stereocenters. The normalized spacial score (nSPS) is 18.4. The predicted molar refractivity (Wildman–Crippen MR) is 117 cm³/mol. The summed E-state index contributed by atoms with van der Waals surface area (Å²) in [6.07, 6.45) is 4.15. The van der Waals surface area contributed by atoms with Crippen LogP contribution < -0.4 is 10.6 Å². The highest BCUT2D eigenvalue weighted by Crippen LogP contribution is 2.42. The lowest BCUT2D eigenvalue weighted by Crippen LogP contribution is -2.66. The van der Waals surface area contributed by atoms with E-state index in [9.17, 15) is 9.59 Å². The first kappa shape index (κ1) is 21.9. The Morgan fingerprint density at radius 2 is 1.80 bits per heavy atom. The molecule has 8 heteroatoms. The Morgan fingerprint density at radius 3 is 2.30 bits per heavy atom. The van der Waals surface area contributed by atoms with Crippen molar-refractivity contribution in [2.24, 2.45) is 4.99 Å². The minimum Gasteiger partial charge on any atom is -0.465 e. The van der Waals surface area contributed by atoms with E-state index >= 15 is 0 Å². The first-order chi connectivity index (χ1) is 14.1. The van der Waals surface area contributed by atoms with Crippen LogP contribution in [0.1, 0.15) is 56.0 Å². The van der Waals surface area contributed by atoms with Gasteiger partial charge in [0.25, 0.3) is 0 Å². The van der Waals surface area contributed by atoms with E-state index < -0.39 is 11.6 Å². The van der Waals surface area contributed by atoms with Crippen molar-refractivity contribution >= 4 is 29.7 Å². The summed E-state index contributed by atoms with van der Waals surface area (Å²) < 4.78 is 10.4. The topological polar surface area (TPSA) is 97.5 Å². The van der Waals surface area contributed by atoms with Crippen molar-refractivity contribution in [2.75, 3.05) is 44.4 Å². The molecule has 2 saturated heterocycles. The number of carbonyl (C=O) groups is 2. The summed E-state index contributed by atoms with van der Waals surface area (Å²) in [6.45, 7) is 7.96. The molecule has 164 valence electrons. The number of benzene rings is 1. The lowest BCUT2D eigenvalue weighted by molar-refractivity contribution is -0.0541. The molecular weight excluding hydrogens is 384 g/mol. The number of methoxy groups -OCH3 is 1. The zero-order valence-corrected chi connectivity index (χ0v) is 18.5. The molecule has 2 heterocycles. The number of hydrogen-bond donors (Lipinski definition) is 1. The highest BCUT2D eigenvalue weighted by Gasteiger charge is 2.50. The van der Waals surface area contributed by atoms with Gasteiger partial charge in [0, 0.05) is 44.1 Å². The molecule has 2 N–H and O–H groups in total. The highest BCUT2D eigenvalue weighted by molar-refractivity contribution is 6.04. The van der Waals surface area contributed by atoms with Gasteiger partial charge in [-0.15, -0.1) is 0 Å². The lowest BCUT2D eigenvalue weighted by Gasteiger charge is -2.56. The van der Waals surface area contributed by atoms with Gasteiger partial charge in [0.1, 0.15) is 5.60 Å². The summed E-state index contributed by atoms with van der Waals surface area (Å²) in [5.41, 5.74) is 8.00. The van der Waals surface area contributed by atoms with Crippen LogP contribution in [0.25, 0.3) is 0 Å². The largest absolute Gasteiger partial charge is 0.465 e. The second kappa shape index (κ2) is 8.16. The number of carbonyl (C=O) groups excluding carboxylic acids is 2. The zero-order valence-electron chi connectivity index (χ0n) is 18.5. The molecule has 0 aliphatic carbocycles. The van der Waals surface area contributed by atoms with Crippen molar-refractivity contribution in [1.82, 2.24) is 4.90 Å². The van der Waals surface area contributed by atoms with E-state index in [1.54, 1.807) is 19.3 Å². The number of nitrogen functional groups attached to an aromatic ring is 1. The van der Waals surface area contributed by atoms with Gasteiger partial charge in [-0.1, -0.05) is 0 Å². The van der Waals surface area contributed by atoms with Gasteiger partial charge in [0.05, 0.1) is 23.9 Å². The van der Waals surface area contributed by atoms with Crippen molar-refractivity contribution in [1.29, 1.82) is 0 Å². The molecule has 3 rings (SSSR count). The summed E-state index contributed by atoms with van der Waals surface area (Å²) in [5, 5.41) is 0. The van der Waals surface area contributed by atoms with Gasteiger partial charge in [-0.3, -0.25) is 4.99 Å². The Morgan fingerprint density at radius 1 is 1.17 bits per heavy atom. The van der Waals surface area contributed by atoms with Gasteiger partial charge in [-0.2, -0.15) is 0 Å². The Balaban J connectivity index is 1.77. The van der Waals surface area contributed by atoms with Crippen LogP contribution in [-0.2, 0) is 9.47 Å². The number of likely N-dealkylation sites (tertiary alicyclic amines) is 1. The van der Waals surface area contributed by atoms with Crippen molar-refractivity contribution in [3.05, 3.63) is 23.3 Å². The van der Waals surface area contributed by atoms with Crippen LogP contribution in [0, 0.1) is 0 Å². The van der Waals surface area contributed by atoms with Crippen LogP contribution in [0.5, 0.6) is 0 Å². The smallest absolute Gasteiger partial charge is 0.410 e. The summed E-state index contributed by atoms with van der Waals surface area (Å²) in [7, 11) is 3.01. The van der Waals surface area contributed by atoms with E-state index in [0.717, 1.165) is 44.6 Å². The van der Waals surface area contributed by atoms with Crippen LogP contribution in [0.3, 0.4) is 0 Å². The van der Waals surface area contributed by atoms with Gasteiger partial charge in [0.15, 0.2) is 0 Å². The molecule has 2 aliphatic heterocycles. The molecule has 1 spiro atoms. The summed E-state index contributed by atoms with van der Waals surface area (Å²) in [4.78, 5) is 32.8. The average molecular weight is 417 g/mol. The Bertz CT molecular complexity index is 851. The van der Waals surface area contributed by atoms with Gasteiger partial charge in [0.2, 0.25) is 0 Å². The number of nitrogens with zero attached hydrogens (tertiary/aromatic N) is 3. The summed E-state index contributed by atoms with van der Waals surface area (Å²) in [6, 6.07) is 3.59. The molecule has 8 nitrogen and oxygen atoms in total. The molecule has 2 fully saturated rings. The average Bonchev–Trinajstić information content (AvgIpc) is 2.67. The van der Waals surface area contributed by atoms with Crippen LogP contribution >= 0.6 is 0 Å². The minimum atomic E-state index is -0.498. The molecule has 0 atom stereocenters. The number of hydrogen-bond acceptors (Lipinski definition) is 7. The minimum absolute atomic E-state index is 0.130. The van der Waals surface area contributed by atoms with Gasteiger partial charge in [-0.25, -0.2) is 9.59 Å². The molecule has 1 aromatic carbocycles. The third-order valence-electron chi connectivity index (χ3n) is 5.95. The van der Waals surface area contributed by atoms with E-state index in [1.807, 2.05) is 31.7 Å². The maximum Gasteiger partial charge on any atom is 0.410 e. The monoisotopic (exact) mass is 416 g/mol. The van der Waals surface area contributed by atoms with Crippen molar-refractivity contribution in [3.8, 4) is 0 Å². The zero-order chi connectivity index (χ0) is 22.1. The molecule has 1 aromatic rings. The fourth-order valence-electron chi connectivity index (χ4n) is 4.28. The Hall–Kier alpha value is -2.77. The summed E-state index contributed by atoms with van der Waals surface area (Å²) >= 11 is 0. The van der Waals surface area contributed by atoms with Crippen LogP contribution in [0.2, 0.25) is 0 Å². The highest BCUT2D eigenvalue weighted by atomic mass is 16.6. The quantitative estimate of drug-likeness (QED) is 0.462. The number of aliphatic imine (C=N–C) groups is 1. The number of piperidine rings is 1. The van der Waals surface area contributed by atoms with Crippen LogP contribution in [0.4, 0.5) is 16.2 Å². The molecule has 2 aliphatic rings. The standard InChI is InChI=1S/C22H32N4O4/c1-21(2,3)30-20(28)26-13-10-22(26)8-11-25(12-9-22)17-7-6-15(19(27)29-5)18(23)16(17)14-24-4/h6-7,14H,8-13,23H2,1-5H3. The van der Waals surface area contributed by atoms with E-state index in [2.05, 4.69) is 9.89 Å². The maximum absolute atomic E-state index is 12.6. The first-order valence-electron chi connectivity index (χ1n) is 10.3. The Kier molecular flexibility index (Phi) is 5.97. The van der Waals surface area contributed by atoms with Crippen molar-refractivity contribution in [2.45, 2.75) is 51.2 Å². The molecule has 0 saturated carbocycles. The predicted octanol–water partition coefficient (Wildman–Crippen LogP) is 3.08. The van der Waals surface area contributed by atoms with Crippen LogP contribution in [-0.4, -0.2) is 68.1 Å². The van der Waals surface area contributed by atoms with E-state index in [4.69, 9.17) is 15.2 Å². The second-order valence-corrected chi connectivity index (χ2v) is 8.93. The van der Waals surface area contributed by atoms with Crippen LogP contribution in [0.15, 0.2) is 17.1 Å². The molecule has 0 bridgehead atoms. The molecule has 0 radical (unpaired) electrons. The molecule has 0 aromatic heterocycles. The van der Waals surface area contributed by atoms with Crippen molar-refractivity contribution < 1.29 is 19.1 Å². The molecular formula is C22H32N4O4. The first-order valence-corrected chi connectivity index (χ1v) is 10.3.